The van der Waals surface area contributed by atoms with Gasteiger partial charge < -0.3 is 13.3 Å². The summed E-state index contributed by atoms with van der Waals surface area (Å²) in [6, 6.07) is 0.854. The summed E-state index contributed by atoms with van der Waals surface area (Å²) in [5.74, 6) is 0. The van der Waals surface area contributed by atoms with Crippen LogP contribution in [0.1, 0.15) is 60.3 Å². The van der Waals surface area contributed by atoms with Crippen LogP contribution in [0.5, 0.6) is 0 Å². The van der Waals surface area contributed by atoms with Crippen molar-refractivity contribution in [3.05, 3.63) is 0 Å². The summed E-state index contributed by atoms with van der Waals surface area (Å²) in [5, 5.41) is 0. The van der Waals surface area contributed by atoms with Crippen LogP contribution in [0.25, 0.3) is 0 Å². The summed E-state index contributed by atoms with van der Waals surface area (Å²) in [5.41, 5.74) is 1.25. The Morgan fingerprint density at radius 3 is 1.90 bits per heavy atom. The number of rotatable bonds is 13. The zero-order valence-corrected chi connectivity index (χ0v) is 15.0. The molecule has 0 aromatic rings. The van der Waals surface area contributed by atoms with Crippen LogP contribution in [0.4, 0.5) is 0 Å². The van der Waals surface area contributed by atoms with E-state index in [0.717, 1.165) is 25.4 Å². The summed E-state index contributed by atoms with van der Waals surface area (Å²) in [6.45, 7) is 13.1. The molecule has 0 aromatic heterocycles. The Morgan fingerprint density at radius 2 is 1.45 bits per heavy atom. The zero-order chi connectivity index (χ0) is 15.3. The first-order chi connectivity index (χ1) is 9.64. The smallest absolute Gasteiger partial charge is 0.374 e. The van der Waals surface area contributed by atoms with Gasteiger partial charge in [0.1, 0.15) is 0 Å². The van der Waals surface area contributed by atoms with Gasteiger partial charge in [0, 0.05) is 38.1 Å². The molecule has 0 rings (SSSR count). The molecule has 0 aliphatic rings. The van der Waals surface area contributed by atoms with E-state index in [2.05, 4.69) is 18.8 Å². The second-order valence-electron chi connectivity index (χ2n) is 4.81. The van der Waals surface area contributed by atoms with E-state index < -0.39 is 8.80 Å². The Kier molecular flexibility index (Phi) is 12.4. The molecule has 0 spiro atoms. The normalized spacial score (nSPS) is 12.9. The van der Waals surface area contributed by atoms with Crippen molar-refractivity contribution in [3.8, 4) is 0 Å². The minimum Gasteiger partial charge on any atom is -0.374 e. The van der Waals surface area contributed by atoms with Gasteiger partial charge in [-0.25, -0.2) is 0 Å². The SMILES string of the molecule is CCCCC(C)=NCCC[Si](OCC)(OCC)OCC. The molecular formula is C15H33NO3Si. The van der Waals surface area contributed by atoms with Gasteiger partial charge in [0.25, 0.3) is 0 Å². The Morgan fingerprint density at radius 1 is 0.900 bits per heavy atom. The van der Waals surface area contributed by atoms with Gasteiger partial charge >= 0.3 is 8.80 Å². The van der Waals surface area contributed by atoms with Crippen molar-refractivity contribution in [1.82, 2.24) is 0 Å². The van der Waals surface area contributed by atoms with Gasteiger partial charge in [-0.2, -0.15) is 0 Å². The van der Waals surface area contributed by atoms with Crippen molar-refractivity contribution in [2.45, 2.75) is 66.3 Å². The van der Waals surface area contributed by atoms with Crippen LogP contribution < -0.4 is 0 Å². The molecule has 0 fully saturated rings. The molecule has 0 saturated heterocycles. The van der Waals surface area contributed by atoms with Gasteiger partial charge in [-0.3, -0.25) is 4.99 Å². The molecular weight excluding hydrogens is 270 g/mol. The van der Waals surface area contributed by atoms with E-state index in [-0.39, 0.29) is 0 Å². The minimum absolute atomic E-state index is 0.644. The third-order valence-corrected chi connectivity index (χ3v) is 6.16. The molecule has 0 N–H and O–H groups in total. The molecule has 4 nitrogen and oxygen atoms in total. The molecule has 0 atom stereocenters. The minimum atomic E-state index is -2.46. The lowest BCUT2D eigenvalue weighted by molar-refractivity contribution is 0.0710. The van der Waals surface area contributed by atoms with Crippen molar-refractivity contribution in [2.75, 3.05) is 26.4 Å². The topological polar surface area (TPSA) is 40.0 Å². The van der Waals surface area contributed by atoms with E-state index in [1.165, 1.54) is 18.6 Å². The maximum absolute atomic E-state index is 5.83. The van der Waals surface area contributed by atoms with Crippen molar-refractivity contribution in [3.63, 3.8) is 0 Å². The fourth-order valence-electron chi connectivity index (χ4n) is 2.08. The molecule has 5 heteroatoms. The standard InChI is InChI=1S/C15H33NO3Si/c1-6-10-12-15(5)16-13-11-14-20(17-7-2,18-8-3)19-9-4/h6-14H2,1-5H3. The first-order valence-corrected chi connectivity index (χ1v) is 9.99. The number of aliphatic imine (C=N–C) groups is 1. The number of hydrogen-bond acceptors (Lipinski definition) is 4. The predicted octanol–water partition coefficient (Wildman–Crippen LogP) is 4.08. The van der Waals surface area contributed by atoms with Gasteiger partial charge in [-0.15, -0.1) is 0 Å². The molecule has 0 bridgehead atoms. The van der Waals surface area contributed by atoms with Crippen LogP contribution in [0, 0.1) is 0 Å². The van der Waals surface area contributed by atoms with E-state index in [4.69, 9.17) is 13.3 Å². The number of nitrogens with zero attached hydrogens (tertiary/aromatic N) is 1. The third kappa shape index (κ3) is 8.84. The summed E-state index contributed by atoms with van der Waals surface area (Å²) in [7, 11) is -2.46. The summed E-state index contributed by atoms with van der Waals surface area (Å²) >= 11 is 0. The maximum atomic E-state index is 5.83. The molecule has 0 amide bonds. The summed E-state index contributed by atoms with van der Waals surface area (Å²) < 4.78 is 17.5. The first-order valence-electron chi connectivity index (χ1n) is 8.05. The van der Waals surface area contributed by atoms with Gasteiger partial charge in [0.05, 0.1) is 0 Å². The van der Waals surface area contributed by atoms with E-state index in [9.17, 15) is 0 Å². The zero-order valence-electron chi connectivity index (χ0n) is 14.0. The van der Waals surface area contributed by atoms with Crippen LogP contribution in [0.3, 0.4) is 0 Å². The van der Waals surface area contributed by atoms with Gasteiger partial charge in [-0.1, -0.05) is 13.3 Å². The summed E-state index contributed by atoms with van der Waals surface area (Å²) in [4.78, 5) is 4.62. The van der Waals surface area contributed by atoms with Crippen LogP contribution in [0.2, 0.25) is 6.04 Å². The second kappa shape index (κ2) is 12.5. The predicted molar refractivity (Wildman–Crippen MR) is 87.6 cm³/mol. The molecule has 0 aliphatic carbocycles. The number of unbranched alkanes of at least 4 members (excludes halogenated alkanes) is 1. The Hall–Kier alpha value is -0.233. The Bertz CT molecular complexity index is 242. The highest BCUT2D eigenvalue weighted by Gasteiger charge is 2.39. The Labute approximate surface area is 126 Å². The van der Waals surface area contributed by atoms with Gasteiger partial charge in [0.2, 0.25) is 0 Å². The Balaban J connectivity index is 4.24. The largest absolute Gasteiger partial charge is 0.500 e. The molecule has 0 saturated carbocycles. The quantitative estimate of drug-likeness (QED) is 0.292. The molecule has 120 valence electrons. The van der Waals surface area contributed by atoms with E-state index in [0.29, 0.717) is 19.8 Å². The fourth-order valence-corrected chi connectivity index (χ4v) is 4.67. The van der Waals surface area contributed by atoms with E-state index in [1.54, 1.807) is 0 Å². The second-order valence-corrected chi connectivity index (χ2v) is 7.54. The highest BCUT2D eigenvalue weighted by molar-refractivity contribution is 6.60. The lowest BCUT2D eigenvalue weighted by atomic mass is 10.2. The highest BCUT2D eigenvalue weighted by Crippen LogP contribution is 2.18. The van der Waals surface area contributed by atoms with Crippen LogP contribution in [-0.2, 0) is 13.3 Å². The molecule has 0 aliphatic heterocycles. The van der Waals surface area contributed by atoms with Crippen molar-refractivity contribution in [1.29, 1.82) is 0 Å². The van der Waals surface area contributed by atoms with Crippen molar-refractivity contribution < 1.29 is 13.3 Å². The molecule has 0 heterocycles. The van der Waals surface area contributed by atoms with Gasteiger partial charge in [0.15, 0.2) is 0 Å². The van der Waals surface area contributed by atoms with Crippen LogP contribution in [-0.4, -0.2) is 40.9 Å². The molecule has 0 unspecified atom stereocenters. The van der Waals surface area contributed by atoms with Crippen LogP contribution >= 0.6 is 0 Å². The average molecular weight is 304 g/mol. The average Bonchev–Trinajstić information content (AvgIpc) is 2.42. The monoisotopic (exact) mass is 303 g/mol. The highest BCUT2D eigenvalue weighted by atomic mass is 28.4. The summed E-state index contributed by atoms with van der Waals surface area (Å²) in [6.07, 6.45) is 4.53. The fraction of sp³-hybridized carbons (Fsp3) is 0.933. The van der Waals surface area contributed by atoms with Gasteiger partial charge in [-0.05, 0) is 47.0 Å². The molecule has 20 heavy (non-hydrogen) atoms. The first kappa shape index (κ1) is 19.8. The lowest BCUT2D eigenvalue weighted by Gasteiger charge is -2.28. The molecule has 0 radical (unpaired) electrons. The van der Waals surface area contributed by atoms with E-state index in [1.807, 2.05) is 20.8 Å². The molecule has 0 aromatic carbocycles. The lowest BCUT2D eigenvalue weighted by Crippen LogP contribution is -2.46. The third-order valence-electron chi connectivity index (χ3n) is 3.01. The van der Waals surface area contributed by atoms with Crippen molar-refractivity contribution >= 4 is 14.5 Å². The van der Waals surface area contributed by atoms with E-state index >= 15 is 0 Å². The number of hydrogen-bond donors (Lipinski definition) is 0. The van der Waals surface area contributed by atoms with Crippen LogP contribution in [0.15, 0.2) is 4.99 Å². The maximum Gasteiger partial charge on any atom is 0.500 e. The van der Waals surface area contributed by atoms with Crippen molar-refractivity contribution in [2.24, 2.45) is 4.99 Å².